The molecule has 0 aliphatic rings. The number of likely N-dealkylation sites (N-methyl/N-ethyl adjacent to an activating group) is 1. The van der Waals surface area contributed by atoms with Crippen molar-refractivity contribution in [2.24, 2.45) is 7.05 Å². The van der Waals surface area contributed by atoms with Crippen molar-refractivity contribution in [3.63, 3.8) is 0 Å². The van der Waals surface area contributed by atoms with Gasteiger partial charge in [-0.25, -0.2) is 4.98 Å². The van der Waals surface area contributed by atoms with Crippen LogP contribution in [0.15, 0.2) is 41.8 Å². The van der Waals surface area contributed by atoms with Gasteiger partial charge in [0.05, 0.1) is 0 Å². The molecule has 0 radical (unpaired) electrons. The number of aromatic nitrogens is 2. The lowest BCUT2D eigenvalue weighted by molar-refractivity contribution is -0.125. The minimum atomic E-state index is -0.270. The van der Waals surface area contributed by atoms with Crippen LogP contribution in [-0.2, 0) is 11.8 Å². The summed E-state index contributed by atoms with van der Waals surface area (Å²) in [5, 5.41) is 3.99. The third kappa shape index (κ3) is 4.84. The predicted molar refractivity (Wildman–Crippen MR) is 94.5 cm³/mol. The molecule has 0 bridgehead atoms. The monoisotopic (exact) mass is 332 g/mol. The molecule has 0 fully saturated rings. The first-order valence-electron chi connectivity index (χ1n) is 7.60. The molecule has 1 atom stereocenters. The van der Waals surface area contributed by atoms with E-state index in [0.29, 0.717) is 6.54 Å². The first-order valence-corrected chi connectivity index (χ1v) is 8.58. The quantitative estimate of drug-likeness (QED) is 0.624. The number of hydrogen-bond acceptors (Lipinski definition) is 4. The topological polar surface area (TPSA) is 50.2 Å². The van der Waals surface area contributed by atoms with Crippen LogP contribution in [0.4, 0.5) is 0 Å². The maximum Gasteiger partial charge on any atom is 0.241 e. The van der Waals surface area contributed by atoms with Crippen LogP contribution >= 0.6 is 11.8 Å². The summed E-state index contributed by atoms with van der Waals surface area (Å²) in [6.07, 6.45) is 3.70. The molecule has 0 spiro atoms. The van der Waals surface area contributed by atoms with Crippen LogP contribution in [0, 0.1) is 6.92 Å². The summed E-state index contributed by atoms with van der Waals surface area (Å²) in [6.45, 7) is 2.66. The number of benzene rings is 1. The molecule has 0 aliphatic heterocycles. The van der Waals surface area contributed by atoms with E-state index in [1.54, 1.807) is 18.0 Å². The van der Waals surface area contributed by atoms with E-state index >= 15 is 0 Å². The van der Waals surface area contributed by atoms with Gasteiger partial charge in [0.15, 0.2) is 5.16 Å². The average molecular weight is 332 g/mol. The van der Waals surface area contributed by atoms with Crippen LogP contribution in [0.5, 0.6) is 0 Å². The Hall–Kier alpha value is -1.79. The summed E-state index contributed by atoms with van der Waals surface area (Å²) < 4.78 is 1.97. The molecule has 124 valence electrons. The van der Waals surface area contributed by atoms with Gasteiger partial charge in [-0.1, -0.05) is 41.6 Å². The highest BCUT2D eigenvalue weighted by Gasteiger charge is 2.22. The Morgan fingerprint density at radius 3 is 2.83 bits per heavy atom. The number of aryl methyl sites for hydroxylation is 2. The summed E-state index contributed by atoms with van der Waals surface area (Å²) in [5.41, 5.74) is 2.18. The van der Waals surface area contributed by atoms with Crippen LogP contribution in [0.25, 0.3) is 0 Å². The lowest BCUT2D eigenvalue weighted by Crippen LogP contribution is -2.38. The summed E-state index contributed by atoms with van der Waals surface area (Å²) in [5.74, 6) is 0.825. The van der Waals surface area contributed by atoms with Gasteiger partial charge in [0, 0.05) is 31.7 Å². The molecule has 6 heteroatoms. The van der Waals surface area contributed by atoms with Gasteiger partial charge in [-0.05, 0) is 26.6 Å². The van der Waals surface area contributed by atoms with E-state index in [1.807, 2.05) is 61.9 Å². The standard InChI is InChI=1S/C17H24N4OS/c1-13-6-5-7-14(12-13)15(20(2)3)16(22)18-9-11-23-17-19-8-10-21(17)4/h5-8,10,12,15H,9,11H2,1-4H3,(H,18,22)/t15-/m0/s1. The molecule has 0 saturated carbocycles. The molecule has 1 aromatic heterocycles. The normalized spacial score (nSPS) is 12.4. The van der Waals surface area contributed by atoms with Gasteiger partial charge in [-0.3, -0.25) is 9.69 Å². The van der Waals surface area contributed by atoms with Gasteiger partial charge in [-0.15, -0.1) is 0 Å². The van der Waals surface area contributed by atoms with E-state index in [-0.39, 0.29) is 11.9 Å². The Labute approximate surface area is 142 Å². The minimum absolute atomic E-state index is 0.0287. The third-order valence-corrected chi connectivity index (χ3v) is 4.59. The molecule has 5 nitrogen and oxygen atoms in total. The fourth-order valence-corrected chi connectivity index (χ4v) is 3.22. The lowest BCUT2D eigenvalue weighted by atomic mass is 10.0. The SMILES string of the molecule is Cc1cccc([C@@H](C(=O)NCCSc2nccn2C)N(C)C)c1. The van der Waals surface area contributed by atoms with Crippen molar-refractivity contribution < 1.29 is 4.79 Å². The molecule has 23 heavy (non-hydrogen) atoms. The number of rotatable bonds is 7. The number of hydrogen-bond donors (Lipinski definition) is 1. The van der Waals surface area contributed by atoms with Gasteiger partial charge in [0.1, 0.15) is 6.04 Å². The van der Waals surface area contributed by atoms with E-state index in [2.05, 4.69) is 16.4 Å². The maximum atomic E-state index is 12.5. The second-order valence-electron chi connectivity index (χ2n) is 5.74. The van der Waals surface area contributed by atoms with Gasteiger partial charge < -0.3 is 9.88 Å². The summed E-state index contributed by atoms with van der Waals surface area (Å²) >= 11 is 1.64. The highest BCUT2D eigenvalue weighted by atomic mass is 32.2. The molecule has 2 rings (SSSR count). The summed E-state index contributed by atoms with van der Waals surface area (Å²) in [6, 6.07) is 7.82. The molecule has 2 aromatic rings. The first-order chi connectivity index (χ1) is 11.0. The predicted octanol–water partition coefficient (Wildman–Crippen LogP) is 2.24. The zero-order valence-electron chi connectivity index (χ0n) is 14.1. The Morgan fingerprint density at radius 1 is 1.43 bits per heavy atom. The molecule has 0 unspecified atom stereocenters. The van der Waals surface area contributed by atoms with Gasteiger partial charge >= 0.3 is 0 Å². The van der Waals surface area contributed by atoms with E-state index in [4.69, 9.17) is 0 Å². The minimum Gasteiger partial charge on any atom is -0.354 e. The smallest absolute Gasteiger partial charge is 0.241 e. The first kappa shape index (κ1) is 17.6. The van der Waals surface area contributed by atoms with Crippen molar-refractivity contribution in [2.45, 2.75) is 18.1 Å². The zero-order valence-corrected chi connectivity index (χ0v) is 14.9. The van der Waals surface area contributed by atoms with Crippen molar-refractivity contribution in [2.75, 3.05) is 26.4 Å². The number of thioether (sulfide) groups is 1. The van der Waals surface area contributed by atoms with Crippen molar-refractivity contribution in [3.05, 3.63) is 47.8 Å². The molecule has 1 amide bonds. The zero-order chi connectivity index (χ0) is 16.8. The summed E-state index contributed by atoms with van der Waals surface area (Å²) in [7, 11) is 5.82. The third-order valence-electron chi connectivity index (χ3n) is 3.53. The van der Waals surface area contributed by atoms with E-state index in [0.717, 1.165) is 22.0 Å². The molecule has 1 N–H and O–H groups in total. The Morgan fingerprint density at radius 2 is 2.22 bits per heavy atom. The van der Waals surface area contributed by atoms with Crippen LogP contribution in [-0.4, -0.2) is 46.8 Å². The summed E-state index contributed by atoms with van der Waals surface area (Å²) in [4.78, 5) is 18.7. The van der Waals surface area contributed by atoms with Crippen LogP contribution in [0.2, 0.25) is 0 Å². The van der Waals surface area contributed by atoms with E-state index in [1.165, 1.54) is 0 Å². The van der Waals surface area contributed by atoms with E-state index < -0.39 is 0 Å². The Bertz CT molecular complexity index is 654. The number of imidazole rings is 1. The van der Waals surface area contributed by atoms with Crippen LogP contribution < -0.4 is 5.32 Å². The number of carbonyl (C=O) groups is 1. The number of nitrogens with zero attached hydrogens (tertiary/aromatic N) is 3. The van der Waals surface area contributed by atoms with Crippen LogP contribution in [0.1, 0.15) is 17.2 Å². The molecular weight excluding hydrogens is 308 g/mol. The van der Waals surface area contributed by atoms with Crippen LogP contribution in [0.3, 0.4) is 0 Å². The maximum absolute atomic E-state index is 12.5. The lowest BCUT2D eigenvalue weighted by Gasteiger charge is -2.24. The highest BCUT2D eigenvalue weighted by Crippen LogP contribution is 2.19. The Kier molecular flexibility index (Phi) is 6.24. The highest BCUT2D eigenvalue weighted by molar-refractivity contribution is 7.99. The molecule has 0 saturated heterocycles. The van der Waals surface area contributed by atoms with Crippen molar-refractivity contribution in [3.8, 4) is 0 Å². The molecule has 0 aliphatic carbocycles. The fraction of sp³-hybridized carbons (Fsp3) is 0.412. The van der Waals surface area contributed by atoms with Crippen molar-refractivity contribution >= 4 is 17.7 Å². The number of nitrogens with one attached hydrogen (secondary N) is 1. The van der Waals surface area contributed by atoms with Gasteiger partial charge in [0.25, 0.3) is 0 Å². The van der Waals surface area contributed by atoms with E-state index in [9.17, 15) is 4.79 Å². The fourth-order valence-electron chi connectivity index (χ4n) is 2.43. The largest absolute Gasteiger partial charge is 0.354 e. The van der Waals surface area contributed by atoms with Gasteiger partial charge in [-0.2, -0.15) is 0 Å². The molecular formula is C17H24N4OS. The van der Waals surface area contributed by atoms with Gasteiger partial charge in [0.2, 0.25) is 5.91 Å². The number of carbonyl (C=O) groups excluding carboxylic acids is 1. The molecule has 1 aromatic carbocycles. The van der Waals surface area contributed by atoms with Crippen molar-refractivity contribution in [1.29, 1.82) is 0 Å². The second-order valence-corrected chi connectivity index (χ2v) is 6.80. The van der Waals surface area contributed by atoms with Crippen molar-refractivity contribution in [1.82, 2.24) is 19.8 Å². The molecule has 1 heterocycles. The second kappa shape index (κ2) is 8.17. The number of amides is 1. The average Bonchev–Trinajstić information content (AvgIpc) is 2.89. The Balaban J connectivity index is 1.90.